The largest absolute Gasteiger partial charge is 0.525 e. The Bertz CT molecular complexity index is 454. The van der Waals surface area contributed by atoms with Crippen LogP contribution in [0.25, 0.3) is 0 Å². The predicted molar refractivity (Wildman–Crippen MR) is 74.0 cm³/mol. The summed E-state index contributed by atoms with van der Waals surface area (Å²) in [6, 6.07) is -0.586. The maximum absolute atomic E-state index is 13.7. The molecule has 142 valence electrons. The van der Waals surface area contributed by atoms with Crippen LogP contribution in [0.3, 0.4) is 0 Å². The summed E-state index contributed by atoms with van der Waals surface area (Å²) in [6.07, 6.45) is -8.17. The van der Waals surface area contributed by atoms with Crippen molar-refractivity contribution in [1.29, 1.82) is 0 Å². The molecule has 0 aromatic carbocycles. The molecule has 0 heterocycles. The smallest absolute Gasteiger partial charge is 0.417 e. The van der Waals surface area contributed by atoms with Gasteiger partial charge in [-0.05, 0) is 26.1 Å². The summed E-state index contributed by atoms with van der Waals surface area (Å²) in [4.78, 5) is 0. The number of rotatable bonds is 8. The van der Waals surface area contributed by atoms with Crippen LogP contribution in [0.4, 0.5) is 30.7 Å². The van der Waals surface area contributed by atoms with Crippen molar-refractivity contribution in [1.82, 2.24) is 0 Å². The van der Waals surface area contributed by atoms with Crippen molar-refractivity contribution in [3.63, 3.8) is 0 Å². The van der Waals surface area contributed by atoms with Crippen molar-refractivity contribution in [3.8, 4) is 12.3 Å². The van der Waals surface area contributed by atoms with Gasteiger partial charge in [0, 0.05) is 19.4 Å². The van der Waals surface area contributed by atoms with Gasteiger partial charge in [-0.25, -0.2) is 9.13 Å². The summed E-state index contributed by atoms with van der Waals surface area (Å²) in [7, 11) is -2.95. The Balaban J connectivity index is 4.82. The molecule has 0 bridgehead atoms. The fraction of sp³-hybridized carbons (Fsp3) is 0.846. The highest BCUT2D eigenvalue weighted by molar-refractivity contribution is 6.71. The van der Waals surface area contributed by atoms with Crippen LogP contribution < -0.4 is 0 Å². The third-order valence-corrected chi connectivity index (χ3v) is 5.58. The minimum atomic E-state index is -5.85. The first-order valence-electron chi connectivity index (χ1n) is 6.80. The first kappa shape index (κ1) is 23.2. The van der Waals surface area contributed by atoms with Gasteiger partial charge in [0.2, 0.25) is 0 Å². The molecule has 0 saturated carbocycles. The highest BCUT2D eigenvalue weighted by atomic mass is 28.4. The first-order valence-corrected chi connectivity index (χ1v) is 9.91. The van der Waals surface area contributed by atoms with Gasteiger partial charge < -0.3 is 9.53 Å². The molecule has 11 heteroatoms. The van der Waals surface area contributed by atoms with Crippen LogP contribution in [-0.2, 0) is 9.16 Å². The molecule has 2 atom stereocenters. The van der Waals surface area contributed by atoms with Crippen molar-refractivity contribution >= 4 is 8.32 Å². The van der Waals surface area contributed by atoms with E-state index in [1.165, 1.54) is 20.0 Å². The average Bonchev–Trinajstić information content (AvgIpc) is 2.33. The van der Waals surface area contributed by atoms with Gasteiger partial charge in [-0.3, -0.25) is 0 Å². The Hall–Kier alpha value is -0.833. The van der Waals surface area contributed by atoms with Crippen LogP contribution in [0.5, 0.6) is 0 Å². The molecule has 24 heavy (non-hydrogen) atoms. The fourth-order valence-corrected chi connectivity index (χ4v) is 3.29. The fourth-order valence-electron chi connectivity index (χ4n) is 1.57. The molecule has 2 unspecified atom stereocenters. The normalized spacial score (nSPS) is 18.6. The number of alkyl halides is 7. The minimum Gasteiger partial charge on any atom is -0.417 e. The van der Waals surface area contributed by atoms with Gasteiger partial charge in [-0.1, -0.05) is 5.92 Å². The summed E-state index contributed by atoms with van der Waals surface area (Å²) >= 11 is 0. The van der Waals surface area contributed by atoms with Gasteiger partial charge in [0.1, 0.15) is 5.60 Å². The van der Waals surface area contributed by atoms with Gasteiger partial charge in [0.05, 0.1) is 0 Å². The van der Waals surface area contributed by atoms with Crippen molar-refractivity contribution in [2.24, 2.45) is 0 Å². The van der Waals surface area contributed by atoms with E-state index in [4.69, 9.17) is 10.8 Å². The van der Waals surface area contributed by atoms with Crippen LogP contribution in [0, 0.1) is 12.3 Å². The number of hydrogen-bond donors (Lipinski definition) is 1. The molecule has 0 aliphatic heterocycles. The second kappa shape index (κ2) is 7.59. The lowest BCUT2D eigenvalue weighted by atomic mass is 10.1. The average molecular weight is 384 g/mol. The van der Waals surface area contributed by atoms with E-state index in [2.05, 4.69) is 10.7 Å². The van der Waals surface area contributed by atoms with E-state index in [0.29, 0.717) is 0 Å². The Kier molecular flexibility index (Phi) is 7.33. The van der Waals surface area contributed by atoms with Gasteiger partial charge in [-0.2, -0.15) is 13.2 Å². The molecular weight excluding hydrogens is 365 g/mol. The highest BCUT2D eigenvalue weighted by Gasteiger charge is 2.62. The lowest BCUT2D eigenvalue weighted by molar-refractivity contribution is -0.448. The molecule has 0 aliphatic rings. The van der Waals surface area contributed by atoms with Crippen molar-refractivity contribution in [3.05, 3.63) is 0 Å². The van der Waals surface area contributed by atoms with E-state index >= 15 is 0 Å². The Morgan fingerprint density at radius 2 is 1.54 bits per heavy atom. The van der Waals surface area contributed by atoms with Crippen molar-refractivity contribution < 1.29 is 45.0 Å². The molecule has 0 aliphatic carbocycles. The summed E-state index contributed by atoms with van der Waals surface area (Å²) in [5, 5.41) is 9.56. The van der Waals surface area contributed by atoms with E-state index in [0.717, 1.165) is 0 Å². The van der Waals surface area contributed by atoms with Crippen molar-refractivity contribution in [2.75, 3.05) is 6.61 Å². The number of terminal acetylenes is 1. The van der Waals surface area contributed by atoms with Gasteiger partial charge in [0.25, 0.3) is 0 Å². The van der Waals surface area contributed by atoms with Crippen LogP contribution in [0.2, 0.25) is 19.1 Å². The minimum absolute atomic E-state index is 0.0288. The van der Waals surface area contributed by atoms with E-state index < -0.39 is 44.8 Å². The summed E-state index contributed by atoms with van der Waals surface area (Å²) in [5.74, 6) is -2.78. The zero-order valence-electron chi connectivity index (χ0n) is 13.3. The molecule has 0 rings (SSSR count). The highest BCUT2D eigenvalue weighted by Crippen LogP contribution is 2.43. The lowest BCUT2D eigenvalue weighted by Gasteiger charge is -2.32. The molecule has 1 N–H and O–H groups in total. The van der Waals surface area contributed by atoms with Crippen LogP contribution in [0.1, 0.15) is 19.8 Å². The van der Waals surface area contributed by atoms with E-state index in [9.17, 15) is 35.8 Å². The molecule has 0 aromatic heterocycles. The van der Waals surface area contributed by atoms with Crippen LogP contribution in [-0.4, -0.2) is 44.0 Å². The molecule has 0 amide bonds. The first-order chi connectivity index (χ1) is 10.4. The zero-order valence-corrected chi connectivity index (χ0v) is 14.3. The molecule has 0 saturated heterocycles. The van der Waals surface area contributed by atoms with Crippen LogP contribution >= 0.6 is 0 Å². The van der Waals surface area contributed by atoms with Crippen LogP contribution in [0.15, 0.2) is 0 Å². The molecule has 3 nitrogen and oxygen atoms in total. The third-order valence-electron chi connectivity index (χ3n) is 3.14. The van der Waals surface area contributed by atoms with Crippen molar-refractivity contribution in [2.45, 2.75) is 62.9 Å². The monoisotopic (exact) mass is 384 g/mol. The molecule has 0 aromatic rings. The molecule has 0 fully saturated rings. The lowest BCUT2D eigenvalue weighted by Crippen LogP contribution is -2.48. The molecular formula is C13H19F7O3Si. The summed E-state index contributed by atoms with van der Waals surface area (Å²) in [6.45, 7) is 4.00. The van der Waals surface area contributed by atoms with E-state index in [-0.39, 0.29) is 13.0 Å². The van der Waals surface area contributed by atoms with Gasteiger partial charge in [0.15, 0.2) is 8.32 Å². The quantitative estimate of drug-likeness (QED) is 0.388. The maximum atomic E-state index is 13.7. The number of aliphatic hydroxyl groups is 1. The summed E-state index contributed by atoms with van der Waals surface area (Å²) < 4.78 is 95.6. The zero-order chi connectivity index (χ0) is 19.4. The Morgan fingerprint density at radius 1 is 1.04 bits per heavy atom. The standard InChI is InChI=1S/C13H19F7O3Si/c1-5-10(2,21)6-8-22-24(3,4)9-7-11(14,12(15,16)17)23-13(18,19)20/h1,21H,6-9H2,2-4H3. The Labute approximate surface area is 136 Å². The molecule has 0 radical (unpaired) electrons. The second-order valence-electron chi connectivity index (χ2n) is 6.05. The maximum Gasteiger partial charge on any atom is 0.525 e. The second-order valence-corrected chi connectivity index (χ2v) is 10.4. The van der Waals surface area contributed by atoms with E-state index in [1.807, 2.05) is 0 Å². The Morgan fingerprint density at radius 3 is 1.92 bits per heavy atom. The van der Waals surface area contributed by atoms with E-state index in [1.54, 1.807) is 0 Å². The summed E-state index contributed by atoms with van der Waals surface area (Å²) in [5.41, 5.74) is -1.49. The molecule has 0 spiro atoms. The van der Waals surface area contributed by atoms with Gasteiger partial charge in [-0.15, -0.1) is 19.6 Å². The third kappa shape index (κ3) is 8.32. The SMILES string of the molecule is C#CC(C)(O)CCO[Si](C)(C)CCC(F)(OC(F)(F)F)C(F)(F)F. The number of ether oxygens (including phenoxy) is 1. The number of hydrogen-bond acceptors (Lipinski definition) is 3. The topological polar surface area (TPSA) is 38.7 Å². The van der Waals surface area contributed by atoms with Gasteiger partial charge >= 0.3 is 18.4 Å². The number of halogens is 7. The predicted octanol–water partition coefficient (Wildman–Crippen LogP) is 4.14.